The van der Waals surface area contributed by atoms with Crippen molar-refractivity contribution in [3.63, 3.8) is 0 Å². The topological polar surface area (TPSA) is 20.2 Å². The van der Waals surface area contributed by atoms with Crippen LogP contribution in [0.2, 0.25) is 0 Å². The van der Waals surface area contributed by atoms with Crippen molar-refractivity contribution < 1.29 is 4.55 Å². The van der Waals surface area contributed by atoms with Gasteiger partial charge < -0.3 is 4.55 Å². The first kappa shape index (κ1) is 9.18. The molecule has 0 aromatic heterocycles. The van der Waals surface area contributed by atoms with Crippen molar-refractivity contribution >= 4 is 52.3 Å². The summed E-state index contributed by atoms with van der Waals surface area (Å²) in [5.41, 5.74) is 0. The van der Waals surface area contributed by atoms with Crippen LogP contribution in [0, 0.1) is 0 Å². The summed E-state index contributed by atoms with van der Waals surface area (Å²) in [5, 5.41) is 0. The summed E-state index contributed by atoms with van der Waals surface area (Å²) in [6.07, 6.45) is 0. The molecule has 0 bridgehead atoms. The van der Waals surface area contributed by atoms with E-state index < -0.39 is 0 Å². The Morgan fingerprint density at radius 1 is 1.75 bits per heavy atom. The molecule has 0 saturated carbocycles. The summed E-state index contributed by atoms with van der Waals surface area (Å²) in [6, 6.07) is 0. The van der Waals surface area contributed by atoms with Gasteiger partial charge >= 0.3 is 29.6 Å². The van der Waals surface area contributed by atoms with Crippen molar-refractivity contribution in [2.45, 2.75) is 0 Å². The zero-order valence-electron chi connectivity index (χ0n) is 1.30. The fraction of sp³-hybridized carbons (Fsp3) is 0. The predicted octanol–water partition coefficient (Wildman–Crippen LogP) is 0.389. The molecule has 0 spiro atoms. The quantitative estimate of drug-likeness (QED) is 0.201. The SMILES string of the molecule is OSS.[NaH]. The second-order valence-corrected chi connectivity index (χ2v) is 0.735. The van der Waals surface area contributed by atoms with E-state index in [1.54, 1.807) is 0 Å². The van der Waals surface area contributed by atoms with Gasteiger partial charge in [0.15, 0.2) is 0 Å². The summed E-state index contributed by atoms with van der Waals surface area (Å²) in [5.74, 6) is 0. The van der Waals surface area contributed by atoms with Gasteiger partial charge in [-0.3, -0.25) is 0 Å². The molecule has 0 atom stereocenters. The first-order chi connectivity index (χ1) is 1.41. The van der Waals surface area contributed by atoms with E-state index >= 15 is 0 Å². The summed E-state index contributed by atoms with van der Waals surface area (Å²) >= 11 is 3.71. The molecule has 4 heteroatoms. The first-order valence-corrected chi connectivity index (χ1v) is 2.19. The molecule has 4 heavy (non-hydrogen) atoms. The van der Waals surface area contributed by atoms with Crippen molar-refractivity contribution in [2.24, 2.45) is 0 Å². The van der Waals surface area contributed by atoms with Gasteiger partial charge in [-0.15, -0.1) is 0 Å². The van der Waals surface area contributed by atoms with E-state index in [1.165, 1.54) is 0 Å². The molecule has 0 aliphatic carbocycles. The van der Waals surface area contributed by atoms with Crippen molar-refractivity contribution in [3.05, 3.63) is 0 Å². The molecular formula is H3NaOS2. The fourth-order valence-corrected chi connectivity index (χ4v) is 0. The second kappa shape index (κ2) is 8.82. The molecule has 0 aromatic rings. The van der Waals surface area contributed by atoms with Gasteiger partial charge in [-0.1, -0.05) is 11.7 Å². The monoisotopic (exact) mass is 106 g/mol. The van der Waals surface area contributed by atoms with Crippen LogP contribution in [0.1, 0.15) is 0 Å². The zero-order valence-corrected chi connectivity index (χ0v) is 3.01. The van der Waals surface area contributed by atoms with Gasteiger partial charge in [-0.25, -0.2) is 0 Å². The molecule has 0 aliphatic rings. The Bertz CT molecular complexity index is 6.00. The Morgan fingerprint density at radius 2 is 1.75 bits per heavy atom. The van der Waals surface area contributed by atoms with Crippen LogP contribution in [-0.2, 0) is 0 Å². The van der Waals surface area contributed by atoms with Gasteiger partial charge in [0.1, 0.15) is 0 Å². The van der Waals surface area contributed by atoms with E-state index in [-0.39, 0.29) is 29.6 Å². The molecule has 1 N–H and O–H groups in total. The van der Waals surface area contributed by atoms with E-state index in [0.29, 0.717) is 11.1 Å². The van der Waals surface area contributed by atoms with Gasteiger partial charge in [0.2, 0.25) is 0 Å². The molecule has 0 fully saturated rings. The van der Waals surface area contributed by atoms with Gasteiger partial charge in [0.25, 0.3) is 0 Å². The van der Waals surface area contributed by atoms with Crippen LogP contribution < -0.4 is 0 Å². The molecule has 0 amide bonds. The van der Waals surface area contributed by atoms with Gasteiger partial charge in [-0.05, 0) is 0 Å². The van der Waals surface area contributed by atoms with Crippen molar-refractivity contribution in [2.75, 3.05) is 0 Å². The maximum absolute atomic E-state index is 7.35. The summed E-state index contributed by atoms with van der Waals surface area (Å²) in [6.45, 7) is 0. The zero-order chi connectivity index (χ0) is 2.71. The molecule has 0 aromatic carbocycles. The Morgan fingerprint density at radius 3 is 1.75 bits per heavy atom. The predicted molar refractivity (Wildman–Crippen MR) is 26.4 cm³/mol. The first-order valence-electron chi connectivity index (χ1n) is 0.365. The average Bonchev–Trinajstić information content (AvgIpc) is 0.918. The van der Waals surface area contributed by atoms with Crippen molar-refractivity contribution in [1.82, 2.24) is 0 Å². The Balaban J connectivity index is 0. The minimum atomic E-state index is 0. The summed E-state index contributed by atoms with van der Waals surface area (Å²) in [7, 11) is 0. The molecule has 0 unspecified atom stereocenters. The van der Waals surface area contributed by atoms with Crippen LogP contribution in [-0.4, -0.2) is 34.1 Å². The van der Waals surface area contributed by atoms with Gasteiger partial charge in [-0.2, -0.15) is 0 Å². The molecular weight excluding hydrogens is 103 g/mol. The Hall–Kier alpha value is 1.66. The molecule has 0 heterocycles. The fourth-order valence-electron chi connectivity index (χ4n) is 0. The van der Waals surface area contributed by atoms with E-state index in [9.17, 15) is 0 Å². The molecule has 0 saturated heterocycles. The van der Waals surface area contributed by atoms with E-state index in [4.69, 9.17) is 4.55 Å². The molecule has 0 radical (unpaired) electrons. The van der Waals surface area contributed by atoms with Crippen molar-refractivity contribution in [3.8, 4) is 0 Å². The van der Waals surface area contributed by atoms with Gasteiger partial charge in [0.05, 0.1) is 11.1 Å². The standard InChI is InChI=1S/Na.H2OS2.H/c;1-3-2;/h;1-2H;. The molecule has 0 rings (SSSR count). The third-order valence-corrected chi connectivity index (χ3v) is 0. The Kier molecular flexibility index (Phi) is 20.2. The third-order valence-electron chi connectivity index (χ3n) is 0. The van der Waals surface area contributed by atoms with E-state index in [2.05, 4.69) is 11.7 Å². The van der Waals surface area contributed by atoms with Crippen LogP contribution in [0.4, 0.5) is 0 Å². The minimum absolute atomic E-state index is 0. The summed E-state index contributed by atoms with van der Waals surface area (Å²) < 4.78 is 7.35. The number of rotatable bonds is 0. The summed E-state index contributed by atoms with van der Waals surface area (Å²) in [4.78, 5) is 0. The van der Waals surface area contributed by atoms with Crippen LogP contribution in [0.15, 0.2) is 0 Å². The van der Waals surface area contributed by atoms with Crippen LogP contribution in [0.5, 0.6) is 0 Å². The number of thiol groups is 1. The normalized spacial score (nSPS) is 4.50. The third kappa shape index (κ3) is 9.40. The molecule has 0 aliphatic heterocycles. The van der Waals surface area contributed by atoms with Crippen molar-refractivity contribution in [1.29, 1.82) is 0 Å². The van der Waals surface area contributed by atoms with Crippen LogP contribution in [0.25, 0.3) is 0 Å². The second-order valence-electron chi connectivity index (χ2n) is 0.0816. The maximum atomic E-state index is 7.35. The molecule has 1 nitrogen and oxygen atoms in total. The van der Waals surface area contributed by atoms with Crippen LogP contribution >= 0.6 is 22.7 Å². The van der Waals surface area contributed by atoms with E-state index in [1.807, 2.05) is 0 Å². The number of hydrogen-bond donors (Lipinski definition) is 2. The molecule has 22 valence electrons. The Labute approximate surface area is 56.5 Å². The van der Waals surface area contributed by atoms with Gasteiger partial charge in [0, 0.05) is 0 Å². The number of hydrogen-bond acceptors (Lipinski definition) is 3. The average molecular weight is 106 g/mol. The van der Waals surface area contributed by atoms with E-state index in [0.717, 1.165) is 0 Å². The van der Waals surface area contributed by atoms with Crippen LogP contribution in [0.3, 0.4) is 0 Å².